The Morgan fingerprint density at radius 2 is 1.88 bits per heavy atom. The second kappa shape index (κ2) is 6.02. The first-order chi connectivity index (χ1) is 7.85. The molecule has 0 aromatic heterocycles. The fourth-order valence-electron chi connectivity index (χ4n) is 3.26. The summed E-state index contributed by atoms with van der Waals surface area (Å²) < 4.78 is 0. The van der Waals surface area contributed by atoms with Gasteiger partial charge in [0.2, 0.25) is 0 Å². The predicted octanol–water partition coefficient (Wildman–Crippen LogP) is 2.63. The minimum absolute atomic E-state index is 0.771. The number of nitrogens with two attached hydrogens (primary N) is 1. The van der Waals surface area contributed by atoms with Crippen molar-refractivity contribution in [2.24, 2.45) is 17.6 Å². The molecule has 2 N–H and O–H groups in total. The van der Waals surface area contributed by atoms with Gasteiger partial charge in [-0.25, -0.2) is 0 Å². The molecule has 0 aromatic carbocycles. The lowest BCUT2D eigenvalue weighted by Crippen LogP contribution is -2.45. The van der Waals surface area contributed by atoms with E-state index in [1.54, 1.807) is 0 Å². The summed E-state index contributed by atoms with van der Waals surface area (Å²) in [4.78, 5) is 2.72. The molecule has 2 fully saturated rings. The molecule has 94 valence electrons. The van der Waals surface area contributed by atoms with Crippen LogP contribution in [0.15, 0.2) is 0 Å². The molecular weight excluding hydrogens is 196 g/mol. The van der Waals surface area contributed by atoms with E-state index in [9.17, 15) is 0 Å². The van der Waals surface area contributed by atoms with Crippen LogP contribution in [0.3, 0.4) is 0 Å². The van der Waals surface area contributed by atoms with Gasteiger partial charge in [0, 0.05) is 6.04 Å². The maximum atomic E-state index is 5.93. The van der Waals surface area contributed by atoms with Crippen LogP contribution in [0.5, 0.6) is 0 Å². The second-order valence-electron chi connectivity index (χ2n) is 5.71. The third kappa shape index (κ3) is 3.21. The van der Waals surface area contributed by atoms with Crippen LogP contribution in [0.2, 0.25) is 0 Å². The van der Waals surface area contributed by atoms with Crippen LogP contribution >= 0.6 is 0 Å². The van der Waals surface area contributed by atoms with Gasteiger partial charge in [0.25, 0.3) is 0 Å². The van der Waals surface area contributed by atoms with E-state index in [0.717, 1.165) is 24.4 Å². The second-order valence-corrected chi connectivity index (χ2v) is 5.71. The number of hydrogen-bond acceptors (Lipinski definition) is 2. The molecule has 2 unspecified atom stereocenters. The number of hydrogen-bond donors (Lipinski definition) is 1. The summed E-state index contributed by atoms with van der Waals surface area (Å²) in [5.41, 5.74) is 5.93. The summed E-state index contributed by atoms with van der Waals surface area (Å²) in [6.07, 6.45) is 9.98. The first-order valence-electron chi connectivity index (χ1n) is 7.29. The molecule has 2 atom stereocenters. The van der Waals surface area contributed by atoms with Gasteiger partial charge in [0.1, 0.15) is 0 Å². The maximum absolute atomic E-state index is 5.93. The Hall–Kier alpha value is -0.0800. The van der Waals surface area contributed by atoms with Gasteiger partial charge in [-0.1, -0.05) is 32.6 Å². The fourth-order valence-corrected chi connectivity index (χ4v) is 3.26. The Kier molecular flexibility index (Phi) is 4.66. The topological polar surface area (TPSA) is 29.3 Å². The molecular formula is C14H28N2. The van der Waals surface area contributed by atoms with E-state index in [-0.39, 0.29) is 0 Å². The monoisotopic (exact) mass is 224 g/mol. The highest BCUT2D eigenvalue weighted by Gasteiger charge is 2.29. The zero-order valence-electron chi connectivity index (χ0n) is 10.8. The molecule has 0 amide bonds. The third-order valence-corrected chi connectivity index (χ3v) is 4.57. The quantitative estimate of drug-likeness (QED) is 0.751. The highest BCUT2D eigenvalue weighted by molar-refractivity contribution is 4.85. The Morgan fingerprint density at radius 3 is 2.50 bits per heavy atom. The van der Waals surface area contributed by atoms with Gasteiger partial charge in [-0.2, -0.15) is 0 Å². The van der Waals surface area contributed by atoms with E-state index in [0.29, 0.717) is 0 Å². The molecule has 0 radical (unpaired) electrons. The van der Waals surface area contributed by atoms with E-state index >= 15 is 0 Å². The SMILES string of the molecule is CCN(CCC1CC1)C1CCCCC1CN. The van der Waals surface area contributed by atoms with Crippen LogP contribution in [0, 0.1) is 11.8 Å². The molecule has 2 aliphatic carbocycles. The van der Waals surface area contributed by atoms with Crippen molar-refractivity contribution in [2.45, 2.75) is 57.9 Å². The normalized spacial score (nSPS) is 30.9. The highest BCUT2D eigenvalue weighted by atomic mass is 15.2. The van der Waals surface area contributed by atoms with Gasteiger partial charge in [-0.3, -0.25) is 0 Å². The van der Waals surface area contributed by atoms with Gasteiger partial charge in [-0.05, 0) is 50.7 Å². The minimum atomic E-state index is 0.771. The average molecular weight is 224 g/mol. The van der Waals surface area contributed by atoms with E-state index in [1.807, 2.05) is 0 Å². The van der Waals surface area contributed by atoms with Crippen molar-refractivity contribution >= 4 is 0 Å². The molecule has 2 heteroatoms. The molecule has 16 heavy (non-hydrogen) atoms. The third-order valence-electron chi connectivity index (χ3n) is 4.57. The molecule has 0 bridgehead atoms. The van der Waals surface area contributed by atoms with Gasteiger partial charge in [-0.15, -0.1) is 0 Å². The molecule has 2 aliphatic rings. The molecule has 0 aliphatic heterocycles. The average Bonchev–Trinajstić information content (AvgIpc) is 3.14. The first kappa shape index (κ1) is 12.4. The summed E-state index contributed by atoms with van der Waals surface area (Å²) in [5, 5.41) is 0. The Labute approximate surface area is 101 Å². The van der Waals surface area contributed by atoms with E-state index in [1.165, 1.54) is 58.0 Å². The van der Waals surface area contributed by atoms with Crippen molar-refractivity contribution in [1.29, 1.82) is 0 Å². The lowest BCUT2D eigenvalue weighted by atomic mass is 9.83. The van der Waals surface area contributed by atoms with E-state index < -0.39 is 0 Å². The smallest absolute Gasteiger partial charge is 0.0135 e. The van der Waals surface area contributed by atoms with E-state index in [4.69, 9.17) is 5.73 Å². The summed E-state index contributed by atoms with van der Waals surface area (Å²) in [5.74, 6) is 1.84. The van der Waals surface area contributed by atoms with Crippen molar-refractivity contribution in [3.63, 3.8) is 0 Å². The van der Waals surface area contributed by atoms with Crippen molar-refractivity contribution in [3.05, 3.63) is 0 Å². The first-order valence-corrected chi connectivity index (χ1v) is 7.29. The highest BCUT2D eigenvalue weighted by Crippen LogP contribution is 2.34. The lowest BCUT2D eigenvalue weighted by molar-refractivity contribution is 0.109. The predicted molar refractivity (Wildman–Crippen MR) is 69.4 cm³/mol. The van der Waals surface area contributed by atoms with Gasteiger partial charge in [0.05, 0.1) is 0 Å². The Morgan fingerprint density at radius 1 is 1.12 bits per heavy atom. The van der Waals surface area contributed by atoms with Crippen molar-refractivity contribution in [3.8, 4) is 0 Å². The summed E-state index contributed by atoms with van der Waals surface area (Å²) in [6, 6.07) is 0.794. The molecule has 0 saturated heterocycles. The van der Waals surface area contributed by atoms with Crippen molar-refractivity contribution in [1.82, 2.24) is 4.90 Å². The van der Waals surface area contributed by atoms with Crippen molar-refractivity contribution < 1.29 is 0 Å². The Balaban J connectivity index is 1.83. The van der Waals surface area contributed by atoms with Crippen LogP contribution in [-0.4, -0.2) is 30.6 Å². The zero-order chi connectivity index (χ0) is 11.4. The fraction of sp³-hybridized carbons (Fsp3) is 1.00. The van der Waals surface area contributed by atoms with Crippen LogP contribution < -0.4 is 5.73 Å². The minimum Gasteiger partial charge on any atom is -0.330 e. The largest absolute Gasteiger partial charge is 0.330 e. The molecule has 2 rings (SSSR count). The zero-order valence-corrected chi connectivity index (χ0v) is 10.8. The van der Waals surface area contributed by atoms with Crippen LogP contribution in [0.1, 0.15) is 51.9 Å². The van der Waals surface area contributed by atoms with Crippen LogP contribution in [0.4, 0.5) is 0 Å². The lowest BCUT2D eigenvalue weighted by Gasteiger charge is -2.39. The molecule has 2 nitrogen and oxygen atoms in total. The molecule has 0 aromatic rings. The number of nitrogens with zero attached hydrogens (tertiary/aromatic N) is 1. The van der Waals surface area contributed by atoms with E-state index in [2.05, 4.69) is 11.8 Å². The van der Waals surface area contributed by atoms with Gasteiger partial charge >= 0.3 is 0 Å². The molecule has 2 saturated carbocycles. The molecule has 0 spiro atoms. The Bertz CT molecular complexity index is 201. The summed E-state index contributed by atoms with van der Waals surface area (Å²) >= 11 is 0. The van der Waals surface area contributed by atoms with Gasteiger partial charge < -0.3 is 10.6 Å². The number of rotatable bonds is 6. The van der Waals surface area contributed by atoms with Crippen LogP contribution in [0.25, 0.3) is 0 Å². The van der Waals surface area contributed by atoms with Crippen LogP contribution in [-0.2, 0) is 0 Å². The molecule has 0 heterocycles. The summed E-state index contributed by atoms with van der Waals surface area (Å²) in [6.45, 7) is 5.75. The van der Waals surface area contributed by atoms with Crippen molar-refractivity contribution in [2.75, 3.05) is 19.6 Å². The summed E-state index contributed by atoms with van der Waals surface area (Å²) in [7, 11) is 0. The maximum Gasteiger partial charge on any atom is 0.0135 e. The standard InChI is InChI=1S/C14H28N2/c1-2-16(10-9-12-7-8-12)14-6-4-3-5-13(14)11-15/h12-14H,2-11,15H2,1H3. The van der Waals surface area contributed by atoms with Gasteiger partial charge in [0.15, 0.2) is 0 Å².